The second-order valence-electron chi connectivity index (χ2n) is 7.97. The molecule has 0 unspecified atom stereocenters. The number of benzene rings is 1. The van der Waals surface area contributed by atoms with E-state index in [9.17, 15) is 0 Å². The molecule has 1 saturated heterocycles. The Morgan fingerprint density at radius 1 is 0.966 bits per heavy atom. The van der Waals surface area contributed by atoms with Crippen LogP contribution in [0.5, 0.6) is 0 Å². The van der Waals surface area contributed by atoms with Gasteiger partial charge in [0.25, 0.3) is 0 Å². The molecule has 2 fully saturated rings. The Morgan fingerprint density at radius 2 is 1.69 bits per heavy atom. The van der Waals surface area contributed by atoms with Gasteiger partial charge in [0.2, 0.25) is 11.9 Å². The second-order valence-corrected chi connectivity index (χ2v) is 8.40. The van der Waals surface area contributed by atoms with Crippen molar-refractivity contribution in [2.45, 2.75) is 44.6 Å². The number of hydrogen-bond donors (Lipinski definition) is 2. The number of nitrogens with two attached hydrogens (primary N) is 1. The first kappa shape index (κ1) is 20.2. The first-order valence-electron chi connectivity index (χ1n) is 10.7. The summed E-state index contributed by atoms with van der Waals surface area (Å²) in [6.45, 7) is 5.00. The molecule has 0 spiro atoms. The largest absolute Gasteiger partial charge is 0.369 e. The van der Waals surface area contributed by atoms with Gasteiger partial charge in [-0.1, -0.05) is 30.9 Å². The maximum Gasteiger partial charge on any atom is 0.227 e. The fraction of sp³-hybridized carbons (Fsp3) is 0.571. The van der Waals surface area contributed by atoms with Gasteiger partial charge in [-0.05, 0) is 37.1 Å². The molecule has 156 valence electrons. The SMILES string of the molecule is Nc1nc(CCN2CCN(c3ccc(Cl)cc3)CC2)nc(NC2CCCCC2)n1. The van der Waals surface area contributed by atoms with Crippen LogP contribution in [0.15, 0.2) is 24.3 Å². The summed E-state index contributed by atoms with van der Waals surface area (Å²) >= 11 is 5.99. The summed E-state index contributed by atoms with van der Waals surface area (Å²) in [5.41, 5.74) is 7.17. The highest BCUT2D eigenvalue weighted by Crippen LogP contribution is 2.21. The summed E-state index contributed by atoms with van der Waals surface area (Å²) in [5, 5.41) is 4.24. The van der Waals surface area contributed by atoms with E-state index < -0.39 is 0 Å². The number of nitrogen functional groups attached to an aromatic ring is 1. The zero-order valence-electron chi connectivity index (χ0n) is 16.9. The van der Waals surface area contributed by atoms with Gasteiger partial charge in [-0.15, -0.1) is 0 Å². The number of nitrogens with one attached hydrogen (secondary N) is 1. The van der Waals surface area contributed by atoms with Crippen molar-refractivity contribution in [3.8, 4) is 0 Å². The molecule has 1 saturated carbocycles. The number of rotatable bonds is 6. The molecule has 8 heteroatoms. The summed E-state index contributed by atoms with van der Waals surface area (Å²) in [4.78, 5) is 18.1. The van der Waals surface area contributed by atoms with E-state index in [0.29, 0.717) is 17.9 Å². The summed E-state index contributed by atoms with van der Waals surface area (Å²) in [7, 11) is 0. The van der Waals surface area contributed by atoms with Gasteiger partial charge in [0, 0.05) is 55.9 Å². The van der Waals surface area contributed by atoms with Gasteiger partial charge < -0.3 is 16.0 Å². The summed E-state index contributed by atoms with van der Waals surface area (Å²) < 4.78 is 0. The molecule has 0 atom stereocenters. The average Bonchev–Trinajstić information content (AvgIpc) is 2.74. The number of halogens is 1. The van der Waals surface area contributed by atoms with Gasteiger partial charge in [-0.2, -0.15) is 15.0 Å². The Hall–Kier alpha value is -2.12. The third-order valence-electron chi connectivity index (χ3n) is 5.85. The molecule has 2 aliphatic rings. The molecule has 7 nitrogen and oxygen atoms in total. The zero-order chi connectivity index (χ0) is 20.1. The molecule has 0 radical (unpaired) electrons. The first-order chi connectivity index (χ1) is 14.2. The van der Waals surface area contributed by atoms with Gasteiger partial charge in [-0.25, -0.2) is 0 Å². The highest BCUT2D eigenvalue weighted by Gasteiger charge is 2.18. The van der Waals surface area contributed by atoms with Crippen LogP contribution in [-0.4, -0.2) is 58.6 Å². The minimum absolute atomic E-state index is 0.306. The molecule has 0 amide bonds. The molecule has 1 aliphatic carbocycles. The lowest BCUT2D eigenvalue weighted by Gasteiger charge is -2.36. The van der Waals surface area contributed by atoms with Crippen molar-refractivity contribution in [3.63, 3.8) is 0 Å². The molecule has 3 N–H and O–H groups in total. The van der Waals surface area contributed by atoms with Gasteiger partial charge >= 0.3 is 0 Å². The van der Waals surface area contributed by atoms with E-state index in [1.54, 1.807) is 0 Å². The maximum atomic E-state index is 5.99. The minimum atomic E-state index is 0.306. The lowest BCUT2D eigenvalue weighted by atomic mass is 9.96. The van der Waals surface area contributed by atoms with Gasteiger partial charge in [0.05, 0.1) is 0 Å². The second kappa shape index (κ2) is 9.59. The third kappa shape index (κ3) is 5.70. The topological polar surface area (TPSA) is 83.2 Å². The van der Waals surface area contributed by atoms with Crippen LogP contribution in [0.4, 0.5) is 17.6 Å². The fourth-order valence-corrected chi connectivity index (χ4v) is 4.31. The predicted molar refractivity (Wildman–Crippen MR) is 119 cm³/mol. The van der Waals surface area contributed by atoms with E-state index in [-0.39, 0.29) is 0 Å². The number of nitrogens with zero attached hydrogens (tertiary/aromatic N) is 5. The molecule has 2 aromatic rings. The number of anilines is 3. The zero-order valence-corrected chi connectivity index (χ0v) is 17.6. The van der Waals surface area contributed by atoms with Crippen molar-refractivity contribution in [1.29, 1.82) is 0 Å². The molecule has 1 aromatic heterocycles. The molecular weight excluding hydrogens is 386 g/mol. The van der Waals surface area contributed by atoms with E-state index in [1.807, 2.05) is 12.1 Å². The molecule has 0 bridgehead atoms. The average molecular weight is 416 g/mol. The van der Waals surface area contributed by atoms with Crippen LogP contribution >= 0.6 is 11.6 Å². The lowest BCUT2D eigenvalue weighted by Crippen LogP contribution is -2.47. The molecule has 4 rings (SSSR count). The van der Waals surface area contributed by atoms with Crippen molar-refractivity contribution in [1.82, 2.24) is 19.9 Å². The smallest absolute Gasteiger partial charge is 0.227 e. The van der Waals surface area contributed by atoms with Crippen LogP contribution in [0, 0.1) is 0 Å². The Labute approximate surface area is 177 Å². The highest BCUT2D eigenvalue weighted by atomic mass is 35.5. The monoisotopic (exact) mass is 415 g/mol. The Kier molecular flexibility index (Phi) is 6.67. The van der Waals surface area contributed by atoms with Crippen LogP contribution in [0.2, 0.25) is 5.02 Å². The van der Waals surface area contributed by atoms with Crippen molar-refractivity contribution < 1.29 is 0 Å². The van der Waals surface area contributed by atoms with Gasteiger partial charge in [0.15, 0.2) is 0 Å². The van der Waals surface area contributed by atoms with Crippen LogP contribution in [0.3, 0.4) is 0 Å². The summed E-state index contributed by atoms with van der Waals surface area (Å²) in [6, 6.07) is 8.54. The van der Waals surface area contributed by atoms with Gasteiger partial charge in [-0.3, -0.25) is 4.90 Å². The number of piperazine rings is 1. The standard InChI is InChI=1S/C21H30ClN7/c22-16-6-8-18(9-7-16)29-14-12-28(13-15-29)11-10-19-25-20(23)27-21(26-19)24-17-4-2-1-3-5-17/h6-9,17H,1-5,10-15H2,(H3,23,24,25,26,27). The van der Waals surface area contributed by atoms with E-state index >= 15 is 0 Å². The number of hydrogen-bond acceptors (Lipinski definition) is 7. The maximum absolute atomic E-state index is 5.99. The van der Waals surface area contributed by atoms with Crippen LogP contribution in [0.25, 0.3) is 0 Å². The molecule has 2 heterocycles. The van der Waals surface area contributed by atoms with E-state index in [0.717, 1.165) is 50.0 Å². The summed E-state index contributed by atoms with van der Waals surface area (Å²) in [6.07, 6.45) is 7.01. The Morgan fingerprint density at radius 3 is 2.41 bits per heavy atom. The predicted octanol–water partition coefficient (Wildman–Crippen LogP) is 3.22. The molecular formula is C21H30ClN7. The van der Waals surface area contributed by atoms with Crippen LogP contribution in [0.1, 0.15) is 37.9 Å². The fourth-order valence-electron chi connectivity index (χ4n) is 4.18. The molecule has 29 heavy (non-hydrogen) atoms. The van der Waals surface area contributed by atoms with E-state index in [2.05, 4.69) is 42.2 Å². The van der Waals surface area contributed by atoms with Gasteiger partial charge in [0.1, 0.15) is 5.82 Å². The van der Waals surface area contributed by atoms with Crippen molar-refractivity contribution in [2.75, 3.05) is 48.7 Å². The van der Waals surface area contributed by atoms with Crippen LogP contribution in [-0.2, 0) is 6.42 Å². The highest BCUT2D eigenvalue weighted by molar-refractivity contribution is 6.30. The third-order valence-corrected chi connectivity index (χ3v) is 6.11. The Balaban J connectivity index is 1.27. The number of aromatic nitrogens is 3. The quantitative estimate of drug-likeness (QED) is 0.749. The van der Waals surface area contributed by atoms with Crippen molar-refractivity contribution in [3.05, 3.63) is 35.1 Å². The summed E-state index contributed by atoms with van der Waals surface area (Å²) in [5.74, 6) is 1.71. The van der Waals surface area contributed by atoms with Crippen LogP contribution < -0.4 is 16.0 Å². The van der Waals surface area contributed by atoms with Crippen molar-refractivity contribution >= 4 is 29.2 Å². The normalized spacial score (nSPS) is 18.7. The molecule has 1 aliphatic heterocycles. The lowest BCUT2D eigenvalue weighted by molar-refractivity contribution is 0.259. The van der Waals surface area contributed by atoms with E-state index in [4.69, 9.17) is 17.3 Å². The molecule has 1 aromatic carbocycles. The van der Waals surface area contributed by atoms with E-state index in [1.165, 1.54) is 37.8 Å². The van der Waals surface area contributed by atoms with Crippen molar-refractivity contribution in [2.24, 2.45) is 0 Å². The Bertz CT molecular complexity index is 784. The first-order valence-corrected chi connectivity index (χ1v) is 11.0. The minimum Gasteiger partial charge on any atom is -0.369 e.